The summed E-state index contributed by atoms with van der Waals surface area (Å²) in [4.78, 5) is 7.13. The van der Waals surface area contributed by atoms with Crippen molar-refractivity contribution in [2.24, 2.45) is 5.92 Å². The van der Waals surface area contributed by atoms with E-state index in [-0.39, 0.29) is 0 Å². The van der Waals surface area contributed by atoms with Crippen LogP contribution >= 0.6 is 11.3 Å². The molecule has 0 spiro atoms. The van der Waals surface area contributed by atoms with Crippen molar-refractivity contribution < 1.29 is 4.84 Å². The highest BCUT2D eigenvalue weighted by molar-refractivity contribution is 7.10. The lowest BCUT2D eigenvalue weighted by atomic mass is 9.92. The van der Waals surface area contributed by atoms with Crippen LogP contribution in [0.15, 0.2) is 17.5 Å². The van der Waals surface area contributed by atoms with Crippen LogP contribution < -0.4 is 0 Å². The molecule has 0 amide bonds. The molecule has 0 saturated carbocycles. The molecule has 2 aliphatic rings. The van der Waals surface area contributed by atoms with E-state index >= 15 is 0 Å². The van der Waals surface area contributed by atoms with Crippen LogP contribution in [0.3, 0.4) is 0 Å². The van der Waals surface area contributed by atoms with E-state index in [1.807, 2.05) is 11.3 Å². The smallest absolute Gasteiger partial charge is 0.0745 e. The predicted octanol–water partition coefficient (Wildman–Crippen LogP) is 2.45. The number of piperidine rings is 1. The second kappa shape index (κ2) is 3.08. The Balaban J connectivity index is 1.91. The van der Waals surface area contributed by atoms with E-state index in [9.17, 15) is 0 Å². The molecule has 3 rings (SSSR count). The first-order valence-corrected chi connectivity index (χ1v) is 5.76. The summed E-state index contributed by atoms with van der Waals surface area (Å²) in [6.45, 7) is 2.04. The monoisotopic (exact) mass is 195 g/mol. The molecule has 2 bridgehead atoms. The lowest BCUT2D eigenvalue weighted by molar-refractivity contribution is -0.134. The van der Waals surface area contributed by atoms with Crippen molar-refractivity contribution >= 4 is 11.3 Å². The molecule has 0 N–H and O–H groups in total. The minimum absolute atomic E-state index is 0.564. The number of hydrogen-bond donors (Lipinski definition) is 0. The molecule has 2 aliphatic heterocycles. The van der Waals surface area contributed by atoms with Gasteiger partial charge in [-0.25, -0.2) is 0 Å². The molecular weight excluding hydrogens is 182 g/mol. The van der Waals surface area contributed by atoms with Crippen molar-refractivity contribution in [1.29, 1.82) is 0 Å². The Morgan fingerprint density at radius 1 is 1.54 bits per heavy atom. The zero-order valence-corrected chi connectivity index (χ0v) is 8.30. The van der Waals surface area contributed by atoms with Crippen LogP contribution in [-0.4, -0.2) is 18.2 Å². The van der Waals surface area contributed by atoms with Gasteiger partial charge in [-0.15, -0.1) is 11.3 Å². The minimum Gasteiger partial charge on any atom is -0.298 e. The van der Waals surface area contributed by atoms with Gasteiger partial charge in [-0.2, -0.15) is 5.06 Å². The Morgan fingerprint density at radius 2 is 2.54 bits per heavy atom. The van der Waals surface area contributed by atoms with Gasteiger partial charge < -0.3 is 0 Å². The summed E-state index contributed by atoms with van der Waals surface area (Å²) in [7, 11) is 0. The zero-order valence-electron chi connectivity index (χ0n) is 7.48. The molecule has 2 saturated heterocycles. The summed E-state index contributed by atoms with van der Waals surface area (Å²) in [6.07, 6.45) is 2.63. The van der Waals surface area contributed by atoms with Gasteiger partial charge in [-0.05, 0) is 24.3 Å². The summed E-state index contributed by atoms with van der Waals surface area (Å²) in [5.74, 6) is 0.743. The highest BCUT2D eigenvalue weighted by Gasteiger charge is 2.39. The largest absolute Gasteiger partial charge is 0.298 e. The minimum atomic E-state index is 0.564. The lowest BCUT2D eigenvalue weighted by Crippen LogP contribution is -2.29. The quantitative estimate of drug-likeness (QED) is 0.682. The van der Waals surface area contributed by atoms with E-state index < -0.39 is 0 Å². The van der Waals surface area contributed by atoms with Crippen molar-refractivity contribution in [3.05, 3.63) is 22.4 Å². The van der Waals surface area contributed by atoms with Crippen LogP contribution in [0.2, 0.25) is 0 Å². The van der Waals surface area contributed by atoms with Crippen LogP contribution in [0, 0.1) is 5.92 Å². The van der Waals surface area contributed by atoms with Crippen LogP contribution in [0.4, 0.5) is 0 Å². The van der Waals surface area contributed by atoms with Crippen molar-refractivity contribution in [1.82, 2.24) is 5.06 Å². The number of fused-ring (bicyclic) bond motifs is 2. The fraction of sp³-hybridized carbons (Fsp3) is 0.600. The number of rotatable bonds is 1. The molecule has 1 aromatic rings. The molecule has 3 atom stereocenters. The van der Waals surface area contributed by atoms with Gasteiger partial charge in [0.25, 0.3) is 0 Å². The van der Waals surface area contributed by atoms with Crippen LogP contribution in [0.25, 0.3) is 0 Å². The third kappa shape index (κ3) is 1.23. The van der Waals surface area contributed by atoms with E-state index in [4.69, 9.17) is 4.84 Å². The van der Waals surface area contributed by atoms with Crippen LogP contribution in [-0.2, 0) is 4.84 Å². The standard InChI is InChI=1S/C10H13NOS/c1-3-8-7-12-11(5-1)10(8)9-4-2-6-13-9/h2,4,6,8,10H,1,3,5,7H2. The lowest BCUT2D eigenvalue weighted by Gasteiger charge is -2.29. The summed E-state index contributed by atoms with van der Waals surface area (Å²) >= 11 is 1.86. The topological polar surface area (TPSA) is 12.5 Å². The number of nitrogens with zero attached hydrogens (tertiary/aromatic N) is 1. The Hall–Kier alpha value is -0.380. The molecule has 0 aromatic carbocycles. The fourth-order valence-electron chi connectivity index (χ4n) is 2.39. The van der Waals surface area contributed by atoms with Gasteiger partial charge in [-0.1, -0.05) is 6.07 Å². The average Bonchev–Trinajstić information content (AvgIpc) is 2.72. The van der Waals surface area contributed by atoms with Gasteiger partial charge in [0.15, 0.2) is 0 Å². The third-order valence-electron chi connectivity index (χ3n) is 3.00. The maximum absolute atomic E-state index is 5.65. The van der Waals surface area contributed by atoms with E-state index in [0.29, 0.717) is 6.04 Å². The Kier molecular flexibility index (Phi) is 1.89. The highest BCUT2D eigenvalue weighted by atomic mass is 32.1. The number of thiophene rings is 1. The molecule has 3 unspecified atom stereocenters. The molecule has 1 aromatic heterocycles. The Morgan fingerprint density at radius 3 is 3.31 bits per heavy atom. The van der Waals surface area contributed by atoms with Crippen molar-refractivity contribution in [3.63, 3.8) is 0 Å². The van der Waals surface area contributed by atoms with Gasteiger partial charge in [0.1, 0.15) is 0 Å². The van der Waals surface area contributed by atoms with Gasteiger partial charge in [0, 0.05) is 17.3 Å². The highest BCUT2D eigenvalue weighted by Crippen LogP contribution is 2.42. The second-order valence-corrected chi connectivity index (χ2v) is 4.78. The zero-order chi connectivity index (χ0) is 8.67. The molecule has 2 nitrogen and oxygen atoms in total. The maximum Gasteiger partial charge on any atom is 0.0745 e. The first-order chi connectivity index (χ1) is 6.45. The Labute approximate surface area is 82.1 Å². The number of hydrogen-bond acceptors (Lipinski definition) is 3. The van der Waals surface area contributed by atoms with Crippen LogP contribution in [0.1, 0.15) is 23.8 Å². The van der Waals surface area contributed by atoms with E-state index in [1.54, 1.807) is 0 Å². The van der Waals surface area contributed by atoms with Crippen LogP contribution in [0.5, 0.6) is 0 Å². The third-order valence-corrected chi connectivity index (χ3v) is 3.94. The molecule has 3 heterocycles. The van der Waals surface area contributed by atoms with Gasteiger partial charge >= 0.3 is 0 Å². The first kappa shape index (κ1) is 7.97. The van der Waals surface area contributed by atoms with E-state index in [1.165, 1.54) is 17.7 Å². The fourth-order valence-corrected chi connectivity index (χ4v) is 3.31. The maximum atomic E-state index is 5.65. The molecule has 70 valence electrons. The molecule has 3 heteroatoms. The molecule has 0 radical (unpaired) electrons. The summed E-state index contributed by atoms with van der Waals surface area (Å²) < 4.78 is 0. The SMILES string of the molecule is c1csc(C2C3CCCN2OC3)c1. The second-order valence-electron chi connectivity index (χ2n) is 3.80. The molecule has 2 fully saturated rings. The van der Waals surface area contributed by atoms with Gasteiger partial charge in [0.05, 0.1) is 12.6 Å². The first-order valence-electron chi connectivity index (χ1n) is 4.88. The van der Waals surface area contributed by atoms with E-state index in [0.717, 1.165) is 19.1 Å². The molecular formula is C10H13NOS. The summed E-state index contributed by atoms with van der Waals surface area (Å²) in [6, 6.07) is 4.93. The average molecular weight is 195 g/mol. The van der Waals surface area contributed by atoms with Gasteiger partial charge in [0.2, 0.25) is 0 Å². The normalized spacial score (nSPS) is 38.0. The molecule has 0 aliphatic carbocycles. The Bertz CT molecular complexity index is 269. The van der Waals surface area contributed by atoms with Gasteiger partial charge in [-0.3, -0.25) is 4.84 Å². The summed E-state index contributed by atoms with van der Waals surface area (Å²) in [5, 5.41) is 4.34. The number of hydroxylamine groups is 2. The van der Waals surface area contributed by atoms with Crippen molar-refractivity contribution in [3.8, 4) is 0 Å². The predicted molar refractivity (Wildman–Crippen MR) is 52.4 cm³/mol. The van der Waals surface area contributed by atoms with E-state index in [2.05, 4.69) is 22.6 Å². The van der Waals surface area contributed by atoms with Crippen molar-refractivity contribution in [2.75, 3.05) is 13.2 Å². The molecule has 13 heavy (non-hydrogen) atoms. The van der Waals surface area contributed by atoms with Crippen molar-refractivity contribution in [2.45, 2.75) is 18.9 Å². The summed E-state index contributed by atoms with van der Waals surface area (Å²) in [5.41, 5.74) is 0.